The molecule has 1 aliphatic rings. The Morgan fingerprint density at radius 2 is 2.36 bits per heavy atom. The van der Waals surface area contributed by atoms with Gasteiger partial charge in [0, 0.05) is 6.42 Å². The van der Waals surface area contributed by atoms with Crippen LogP contribution in [0.4, 0.5) is 0 Å². The minimum Gasteiger partial charge on any atom is -0.211 e. The van der Waals surface area contributed by atoms with Crippen molar-refractivity contribution in [3.63, 3.8) is 0 Å². The van der Waals surface area contributed by atoms with Crippen molar-refractivity contribution in [2.75, 3.05) is 0 Å². The molecule has 4 heteroatoms. The van der Waals surface area contributed by atoms with Gasteiger partial charge in [0.2, 0.25) is 6.08 Å². The van der Waals surface area contributed by atoms with Crippen LogP contribution in [0.3, 0.4) is 0 Å². The van der Waals surface area contributed by atoms with Gasteiger partial charge >= 0.3 is 0 Å². The molecule has 0 saturated carbocycles. The molecule has 0 N–H and O–H groups in total. The van der Waals surface area contributed by atoms with Crippen LogP contribution in [0.25, 0.3) is 0 Å². The highest BCUT2D eigenvalue weighted by Gasteiger charge is 2.23. The van der Waals surface area contributed by atoms with E-state index in [-0.39, 0.29) is 0 Å². The highest BCUT2D eigenvalue weighted by atomic mass is 35.5. The number of alkyl halides is 2. The number of hydrogen-bond acceptors (Lipinski definition) is 2. The Hall–Kier alpha value is -0.560. The maximum absolute atomic E-state index is 9.84. The van der Waals surface area contributed by atoms with Crippen LogP contribution in [0.1, 0.15) is 6.42 Å². The fourth-order valence-corrected chi connectivity index (χ4v) is 1.21. The van der Waals surface area contributed by atoms with Gasteiger partial charge < -0.3 is 0 Å². The molecule has 0 aromatic heterocycles. The van der Waals surface area contributed by atoms with Crippen LogP contribution in [0.5, 0.6) is 0 Å². The second-order valence-electron chi connectivity index (χ2n) is 2.16. The molecule has 0 saturated heterocycles. The molecule has 1 rings (SSSR count). The fraction of sp³-hybridized carbons (Fsp3) is 0.286. The third-order valence-electron chi connectivity index (χ3n) is 1.23. The highest BCUT2D eigenvalue weighted by Crippen LogP contribution is 2.33. The van der Waals surface area contributed by atoms with E-state index >= 15 is 0 Å². The lowest BCUT2D eigenvalue weighted by atomic mass is 10.1. The van der Waals surface area contributed by atoms with Gasteiger partial charge in [0.15, 0.2) is 0 Å². The molecular formula is C7H5Cl2NO. The van der Waals surface area contributed by atoms with Gasteiger partial charge in [0.25, 0.3) is 0 Å². The summed E-state index contributed by atoms with van der Waals surface area (Å²) in [7, 11) is 0. The Labute approximate surface area is 74.2 Å². The van der Waals surface area contributed by atoms with E-state index in [2.05, 4.69) is 4.99 Å². The molecule has 0 aromatic rings. The monoisotopic (exact) mass is 189 g/mol. The number of aliphatic imine (C=N–C) groups is 1. The second-order valence-corrected chi connectivity index (χ2v) is 3.70. The van der Waals surface area contributed by atoms with Crippen LogP contribution in [0.15, 0.2) is 28.9 Å². The van der Waals surface area contributed by atoms with Gasteiger partial charge in [0.05, 0.1) is 5.70 Å². The Balaban J connectivity index is 2.80. The molecule has 0 atom stereocenters. The van der Waals surface area contributed by atoms with Crippen LogP contribution < -0.4 is 0 Å². The SMILES string of the molecule is O=C=NC1=CC=CC(Cl)(Cl)C1. The smallest absolute Gasteiger partial charge is 0.211 e. The number of halogens is 2. The van der Waals surface area contributed by atoms with E-state index in [9.17, 15) is 4.79 Å². The van der Waals surface area contributed by atoms with Gasteiger partial charge in [-0.15, -0.1) is 0 Å². The van der Waals surface area contributed by atoms with E-state index in [1.165, 1.54) is 6.08 Å². The Morgan fingerprint density at radius 3 is 2.91 bits per heavy atom. The molecule has 58 valence electrons. The maximum Gasteiger partial charge on any atom is 0.240 e. The molecule has 0 amide bonds. The molecule has 1 aliphatic carbocycles. The summed E-state index contributed by atoms with van der Waals surface area (Å²) >= 11 is 11.5. The lowest BCUT2D eigenvalue weighted by Gasteiger charge is -2.16. The topological polar surface area (TPSA) is 29.4 Å². The molecule has 2 nitrogen and oxygen atoms in total. The molecular weight excluding hydrogens is 185 g/mol. The Kier molecular flexibility index (Phi) is 2.50. The maximum atomic E-state index is 9.84. The lowest BCUT2D eigenvalue weighted by Crippen LogP contribution is -2.11. The van der Waals surface area contributed by atoms with Gasteiger partial charge in [-0.05, 0) is 12.2 Å². The van der Waals surface area contributed by atoms with Crippen LogP contribution in [-0.4, -0.2) is 10.4 Å². The largest absolute Gasteiger partial charge is 0.240 e. The number of carbonyl (C=O) groups excluding carboxylic acids is 1. The van der Waals surface area contributed by atoms with Crippen LogP contribution in [0.2, 0.25) is 0 Å². The van der Waals surface area contributed by atoms with Crippen molar-refractivity contribution in [2.45, 2.75) is 10.8 Å². The zero-order valence-corrected chi connectivity index (χ0v) is 7.06. The predicted molar refractivity (Wildman–Crippen MR) is 44.4 cm³/mol. The van der Waals surface area contributed by atoms with Crippen molar-refractivity contribution < 1.29 is 4.79 Å². The zero-order valence-electron chi connectivity index (χ0n) is 5.55. The van der Waals surface area contributed by atoms with E-state index in [4.69, 9.17) is 23.2 Å². The number of hydrogen-bond donors (Lipinski definition) is 0. The summed E-state index contributed by atoms with van der Waals surface area (Å²) in [5, 5.41) is 0. The minimum atomic E-state index is -0.926. The summed E-state index contributed by atoms with van der Waals surface area (Å²) in [6.45, 7) is 0. The summed E-state index contributed by atoms with van der Waals surface area (Å²) in [4.78, 5) is 13.3. The molecule has 0 aromatic carbocycles. The van der Waals surface area contributed by atoms with Crippen molar-refractivity contribution in [3.8, 4) is 0 Å². The summed E-state index contributed by atoms with van der Waals surface area (Å²) in [5.41, 5.74) is 0.549. The average Bonchev–Trinajstić information content (AvgIpc) is 1.85. The summed E-state index contributed by atoms with van der Waals surface area (Å²) in [6.07, 6.45) is 6.76. The second kappa shape index (κ2) is 3.22. The Morgan fingerprint density at radius 1 is 1.64 bits per heavy atom. The minimum absolute atomic E-state index is 0.349. The number of nitrogens with zero attached hydrogens (tertiary/aromatic N) is 1. The van der Waals surface area contributed by atoms with E-state index in [1.54, 1.807) is 18.2 Å². The fourth-order valence-electron chi connectivity index (χ4n) is 0.795. The Bertz CT molecular complexity index is 262. The molecule has 0 aliphatic heterocycles. The predicted octanol–water partition coefficient (Wildman–Crippen LogP) is 2.34. The van der Waals surface area contributed by atoms with Crippen LogP contribution in [0, 0.1) is 0 Å². The van der Waals surface area contributed by atoms with E-state index in [0.717, 1.165) is 0 Å². The van der Waals surface area contributed by atoms with Crippen molar-refractivity contribution >= 4 is 29.3 Å². The third kappa shape index (κ3) is 2.51. The highest BCUT2D eigenvalue weighted by molar-refractivity contribution is 6.50. The quantitative estimate of drug-likeness (QED) is 0.354. The first-order chi connectivity index (χ1) is 5.14. The average molecular weight is 190 g/mol. The molecule has 0 fully saturated rings. The third-order valence-corrected chi connectivity index (χ3v) is 1.75. The van der Waals surface area contributed by atoms with Gasteiger partial charge in [0.1, 0.15) is 4.33 Å². The van der Waals surface area contributed by atoms with Crippen molar-refractivity contribution in [1.29, 1.82) is 0 Å². The van der Waals surface area contributed by atoms with E-state index in [0.29, 0.717) is 12.1 Å². The molecule has 0 radical (unpaired) electrons. The summed E-state index contributed by atoms with van der Waals surface area (Å²) < 4.78 is -0.926. The van der Waals surface area contributed by atoms with E-state index < -0.39 is 4.33 Å². The summed E-state index contributed by atoms with van der Waals surface area (Å²) in [6, 6.07) is 0. The first-order valence-electron chi connectivity index (χ1n) is 2.98. The standard InChI is InChI=1S/C7H5Cl2NO/c8-7(9)3-1-2-6(4-7)10-5-11/h1-3H,4H2. The van der Waals surface area contributed by atoms with Crippen LogP contribution >= 0.6 is 23.2 Å². The molecule has 0 unspecified atom stereocenters. The van der Waals surface area contributed by atoms with E-state index in [1.807, 2.05) is 0 Å². The lowest BCUT2D eigenvalue weighted by molar-refractivity contribution is 0.564. The first-order valence-corrected chi connectivity index (χ1v) is 3.74. The molecule has 11 heavy (non-hydrogen) atoms. The van der Waals surface area contributed by atoms with Crippen LogP contribution in [-0.2, 0) is 4.79 Å². The number of isocyanates is 1. The van der Waals surface area contributed by atoms with Crippen molar-refractivity contribution in [3.05, 3.63) is 23.9 Å². The van der Waals surface area contributed by atoms with Gasteiger partial charge in [-0.3, -0.25) is 0 Å². The van der Waals surface area contributed by atoms with Gasteiger partial charge in [-0.1, -0.05) is 29.3 Å². The summed E-state index contributed by atoms with van der Waals surface area (Å²) in [5.74, 6) is 0. The molecule has 0 bridgehead atoms. The van der Waals surface area contributed by atoms with Gasteiger partial charge in [-0.2, -0.15) is 4.99 Å². The molecule has 0 spiro atoms. The normalized spacial score (nSPS) is 20.4. The molecule has 0 heterocycles. The zero-order chi connectivity index (χ0) is 8.32. The number of rotatable bonds is 1. The van der Waals surface area contributed by atoms with Crippen molar-refractivity contribution in [1.82, 2.24) is 0 Å². The van der Waals surface area contributed by atoms with Gasteiger partial charge in [-0.25, -0.2) is 4.79 Å². The number of allylic oxidation sites excluding steroid dienone is 4. The van der Waals surface area contributed by atoms with Crippen molar-refractivity contribution in [2.24, 2.45) is 4.99 Å². The first kappa shape index (κ1) is 8.54.